The van der Waals surface area contributed by atoms with E-state index in [1.807, 2.05) is 0 Å². The van der Waals surface area contributed by atoms with Gasteiger partial charge in [0.25, 0.3) is 0 Å². The average Bonchev–Trinajstić information content (AvgIpc) is 3.00. The van der Waals surface area contributed by atoms with Crippen LogP contribution in [0.3, 0.4) is 0 Å². The fourth-order valence-corrected chi connectivity index (χ4v) is 1.43. The standard InChI is InChI=1S/C10H9N5O2/c11-7-4-12-15(5-7)6-9-13-10(14-17-9)8-2-1-3-16-8/h1-5H,6,11H2. The maximum absolute atomic E-state index is 5.55. The molecule has 0 amide bonds. The van der Waals surface area contributed by atoms with E-state index < -0.39 is 0 Å². The van der Waals surface area contributed by atoms with Gasteiger partial charge in [0.2, 0.25) is 11.7 Å². The SMILES string of the molecule is Nc1cnn(Cc2nc(-c3ccco3)no2)c1. The van der Waals surface area contributed by atoms with Gasteiger partial charge >= 0.3 is 0 Å². The van der Waals surface area contributed by atoms with Gasteiger partial charge in [-0.3, -0.25) is 4.68 Å². The van der Waals surface area contributed by atoms with Crippen LogP contribution in [-0.2, 0) is 6.54 Å². The molecule has 0 saturated heterocycles. The van der Waals surface area contributed by atoms with Crippen LogP contribution in [0.1, 0.15) is 5.89 Å². The second kappa shape index (κ2) is 3.78. The van der Waals surface area contributed by atoms with Gasteiger partial charge in [0, 0.05) is 6.20 Å². The van der Waals surface area contributed by atoms with Crippen molar-refractivity contribution in [2.24, 2.45) is 0 Å². The van der Waals surface area contributed by atoms with Crippen molar-refractivity contribution in [2.75, 3.05) is 5.73 Å². The summed E-state index contributed by atoms with van der Waals surface area (Å²) < 4.78 is 11.9. The number of hydrogen-bond acceptors (Lipinski definition) is 6. The van der Waals surface area contributed by atoms with Crippen molar-refractivity contribution in [2.45, 2.75) is 6.54 Å². The summed E-state index contributed by atoms with van der Waals surface area (Å²) in [4.78, 5) is 4.18. The third kappa shape index (κ3) is 1.89. The molecule has 0 saturated carbocycles. The highest BCUT2D eigenvalue weighted by Crippen LogP contribution is 2.16. The molecule has 0 radical (unpaired) electrons. The molecule has 0 atom stereocenters. The molecule has 0 aromatic carbocycles. The van der Waals surface area contributed by atoms with Crippen molar-refractivity contribution in [3.05, 3.63) is 36.7 Å². The lowest BCUT2D eigenvalue weighted by Gasteiger charge is -1.93. The van der Waals surface area contributed by atoms with E-state index in [1.165, 1.54) is 0 Å². The fourth-order valence-electron chi connectivity index (χ4n) is 1.43. The van der Waals surface area contributed by atoms with Gasteiger partial charge in [-0.1, -0.05) is 5.16 Å². The van der Waals surface area contributed by atoms with Crippen LogP contribution >= 0.6 is 0 Å². The van der Waals surface area contributed by atoms with Crippen molar-refractivity contribution in [1.29, 1.82) is 0 Å². The summed E-state index contributed by atoms with van der Waals surface area (Å²) in [5, 5.41) is 7.83. The molecular formula is C10H9N5O2. The van der Waals surface area contributed by atoms with Gasteiger partial charge in [0.1, 0.15) is 6.54 Å². The summed E-state index contributed by atoms with van der Waals surface area (Å²) in [6, 6.07) is 3.53. The number of rotatable bonds is 3. The Morgan fingerprint density at radius 2 is 2.35 bits per heavy atom. The number of aromatic nitrogens is 4. The molecule has 3 heterocycles. The number of nitrogens with zero attached hydrogens (tertiary/aromatic N) is 4. The Morgan fingerprint density at radius 3 is 3.06 bits per heavy atom. The second-order valence-electron chi connectivity index (χ2n) is 3.46. The number of nitrogens with two attached hydrogens (primary N) is 1. The minimum Gasteiger partial charge on any atom is -0.461 e. The summed E-state index contributed by atoms with van der Waals surface area (Å²) in [6.07, 6.45) is 4.81. The maximum atomic E-state index is 5.55. The van der Waals surface area contributed by atoms with E-state index in [4.69, 9.17) is 14.7 Å². The molecule has 7 nitrogen and oxygen atoms in total. The van der Waals surface area contributed by atoms with E-state index in [9.17, 15) is 0 Å². The molecule has 0 aliphatic rings. The van der Waals surface area contributed by atoms with Crippen molar-refractivity contribution in [3.63, 3.8) is 0 Å². The molecule has 86 valence electrons. The minimum absolute atomic E-state index is 0.380. The molecule has 3 aromatic rings. The Labute approximate surface area is 95.8 Å². The lowest BCUT2D eigenvalue weighted by molar-refractivity contribution is 0.365. The lowest BCUT2D eigenvalue weighted by atomic mass is 10.4. The fraction of sp³-hybridized carbons (Fsp3) is 0.100. The van der Waals surface area contributed by atoms with Crippen molar-refractivity contribution < 1.29 is 8.94 Å². The summed E-state index contributed by atoms with van der Waals surface area (Å²) >= 11 is 0. The van der Waals surface area contributed by atoms with Gasteiger partial charge < -0.3 is 14.7 Å². The normalized spacial score (nSPS) is 10.8. The molecule has 0 aliphatic carbocycles. The first kappa shape index (κ1) is 9.64. The van der Waals surface area contributed by atoms with Crippen LogP contribution in [0.4, 0.5) is 5.69 Å². The molecular weight excluding hydrogens is 222 g/mol. The quantitative estimate of drug-likeness (QED) is 0.726. The monoisotopic (exact) mass is 231 g/mol. The van der Waals surface area contributed by atoms with Crippen molar-refractivity contribution in [1.82, 2.24) is 19.9 Å². The number of anilines is 1. The zero-order valence-electron chi connectivity index (χ0n) is 8.78. The van der Waals surface area contributed by atoms with Crippen LogP contribution in [0.5, 0.6) is 0 Å². The lowest BCUT2D eigenvalue weighted by Crippen LogP contribution is -2.00. The van der Waals surface area contributed by atoms with Crippen LogP contribution < -0.4 is 5.73 Å². The largest absolute Gasteiger partial charge is 0.461 e. The summed E-state index contributed by atoms with van der Waals surface area (Å²) in [5.74, 6) is 1.43. The third-order valence-corrected chi connectivity index (χ3v) is 2.16. The van der Waals surface area contributed by atoms with Gasteiger partial charge in [-0.15, -0.1) is 0 Å². The van der Waals surface area contributed by atoms with Crippen molar-refractivity contribution in [3.8, 4) is 11.6 Å². The highest BCUT2D eigenvalue weighted by molar-refractivity contribution is 5.44. The maximum Gasteiger partial charge on any atom is 0.248 e. The van der Waals surface area contributed by atoms with Gasteiger partial charge in [0.15, 0.2) is 5.76 Å². The first-order valence-electron chi connectivity index (χ1n) is 4.95. The molecule has 0 aliphatic heterocycles. The Balaban J connectivity index is 1.81. The van der Waals surface area contributed by atoms with Crippen LogP contribution in [-0.4, -0.2) is 19.9 Å². The molecule has 3 rings (SSSR count). The van der Waals surface area contributed by atoms with Crippen LogP contribution in [0.25, 0.3) is 11.6 Å². The first-order chi connectivity index (χ1) is 8.31. The van der Waals surface area contributed by atoms with Gasteiger partial charge in [-0.2, -0.15) is 10.1 Å². The van der Waals surface area contributed by atoms with Crippen molar-refractivity contribution >= 4 is 5.69 Å². The highest BCUT2D eigenvalue weighted by atomic mass is 16.5. The summed E-state index contributed by atoms with van der Waals surface area (Å²) in [5.41, 5.74) is 6.14. The third-order valence-electron chi connectivity index (χ3n) is 2.16. The Bertz CT molecular complexity index is 610. The van der Waals surface area contributed by atoms with E-state index >= 15 is 0 Å². The zero-order valence-corrected chi connectivity index (χ0v) is 8.78. The molecule has 17 heavy (non-hydrogen) atoms. The zero-order chi connectivity index (χ0) is 11.7. The number of furan rings is 1. The van der Waals surface area contributed by atoms with Crippen LogP contribution in [0, 0.1) is 0 Å². The van der Waals surface area contributed by atoms with E-state index in [0.717, 1.165) is 0 Å². The van der Waals surface area contributed by atoms with E-state index in [2.05, 4.69) is 15.2 Å². The summed E-state index contributed by atoms with van der Waals surface area (Å²) in [7, 11) is 0. The molecule has 0 fully saturated rings. The van der Waals surface area contributed by atoms with E-state index in [-0.39, 0.29) is 0 Å². The predicted octanol–water partition coefficient (Wildman–Crippen LogP) is 1.16. The van der Waals surface area contributed by atoms with Gasteiger partial charge in [-0.25, -0.2) is 0 Å². The molecule has 2 N–H and O–H groups in total. The number of hydrogen-bond donors (Lipinski definition) is 1. The highest BCUT2D eigenvalue weighted by Gasteiger charge is 2.11. The van der Waals surface area contributed by atoms with E-state index in [0.29, 0.717) is 29.7 Å². The average molecular weight is 231 g/mol. The molecule has 3 aromatic heterocycles. The van der Waals surface area contributed by atoms with Crippen LogP contribution in [0.15, 0.2) is 39.7 Å². The summed E-state index contributed by atoms with van der Waals surface area (Å²) in [6.45, 7) is 0.380. The molecule has 0 bridgehead atoms. The predicted molar refractivity (Wildman–Crippen MR) is 57.7 cm³/mol. The Kier molecular flexibility index (Phi) is 2.14. The van der Waals surface area contributed by atoms with E-state index in [1.54, 1.807) is 35.5 Å². The van der Waals surface area contributed by atoms with Crippen LogP contribution in [0.2, 0.25) is 0 Å². The second-order valence-corrected chi connectivity index (χ2v) is 3.46. The van der Waals surface area contributed by atoms with Gasteiger partial charge in [0.05, 0.1) is 18.1 Å². The molecule has 7 heteroatoms. The number of nitrogen functional groups attached to an aromatic ring is 1. The molecule has 0 spiro atoms. The minimum atomic E-state index is 0.380. The molecule has 0 unspecified atom stereocenters. The topological polar surface area (TPSA) is 95.9 Å². The Hall–Kier alpha value is -2.57. The van der Waals surface area contributed by atoms with Gasteiger partial charge in [-0.05, 0) is 12.1 Å². The first-order valence-corrected chi connectivity index (χ1v) is 4.95. The Morgan fingerprint density at radius 1 is 1.41 bits per heavy atom. The smallest absolute Gasteiger partial charge is 0.248 e.